The zero-order chi connectivity index (χ0) is 13.4. The lowest BCUT2D eigenvalue weighted by Crippen LogP contribution is -2.41. The SMILES string of the molecule is CCC(=O)CC[C@@H](NC(=O)CC(C)C)C(=O)O. The first kappa shape index (κ1) is 15.6. The first-order chi connectivity index (χ1) is 7.86. The predicted molar refractivity (Wildman–Crippen MR) is 63.6 cm³/mol. The minimum absolute atomic E-state index is 0.00867. The Hall–Kier alpha value is -1.39. The summed E-state index contributed by atoms with van der Waals surface area (Å²) in [4.78, 5) is 33.4. The standard InChI is InChI=1S/C12H21NO4/c1-4-9(14)5-6-10(12(16)17)13-11(15)7-8(2)3/h8,10H,4-7H2,1-3H3,(H,13,15)(H,16,17)/t10-/m1/s1. The minimum Gasteiger partial charge on any atom is -0.480 e. The highest BCUT2D eigenvalue weighted by Gasteiger charge is 2.20. The van der Waals surface area contributed by atoms with Gasteiger partial charge >= 0.3 is 5.97 Å². The van der Waals surface area contributed by atoms with E-state index in [0.29, 0.717) is 12.8 Å². The third kappa shape index (κ3) is 7.49. The van der Waals surface area contributed by atoms with Crippen LogP contribution < -0.4 is 5.32 Å². The number of aliphatic carboxylic acids is 1. The first-order valence-electron chi connectivity index (χ1n) is 5.90. The van der Waals surface area contributed by atoms with E-state index in [0.717, 1.165) is 0 Å². The maximum atomic E-state index is 11.4. The van der Waals surface area contributed by atoms with Gasteiger partial charge in [-0.05, 0) is 12.3 Å². The predicted octanol–water partition coefficient (Wildman–Crippen LogP) is 1.36. The molecular weight excluding hydrogens is 222 g/mol. The zero-order valence-electron chi connectivity index (χ0n) is 10.7. The fourth-order valence-electron chi connectivity index (χ4n) is 1.36. The number of carboxylic acids is 1. The topological polar surface area (TPSA) is 83.5 Å². The van der Waals surface area contributed by atoms with E-state index in [2.05, 4.69) is 5.32 Å². The van der Waals surface area contributed by atoms with Gasteiger partial charge in [0.15, 0.2) is 0 Å². The Kier molecular flexibility index (Phi) is 7.18. The molecule has 0 aromatic rings. The number of carboxylic acid groups (broad SMARTS) is 1. The number of rotatable bonds is 8. The van der Waals surface area contributed by atoms with E-state index in [1.165, 1.54) is 0 Å². The van der Waals surface area contributed by atoms with Crippen molar-refractivity contribution in [1.29, 1.82) is 0 Å². The Morgan fingerprint density at radius 1 is 1.24 bits per heavy atom. The molecule has 0 heterocycles. The van der Waals surface area contributed by atoms with Crippen LogP contribution in [0.2, 0.25) is 0 Å². The van der Waals surface area contributed by atoms with Crippen molar-refractivity contribution in [1.82, 2.24) is 5.32 Å². The van der Waals surface area contributed by atoms with Gasteiger partial charge in [0.05, 0.1) is 0 Å². The van der Waals surface area contributed by atoms with E-state index >= 15 is 0 Å². The van der Waals surface area contributed by atoms with Gasteiger partial charge in [0.25, 0.3) is 0 Å². The molecule has 0 saturated heterocycles. The van der Waals surface area contributed by atoms with Crippen molar-refractivity contribution < 1.29 is 19.5 Å². The van der Waals surface area contributed by atoms with E-state index in [9.17, 15) is 14.4 Å². The van der Waals surface area contributed by atoms with Crippen LogP contribution in [0, 0.1) is 5.92 Å². The van der Waals surface area contributed by atoms with E-state index < -0.39 is 12.0 Å². The molecule has 0 bridgehead atoms. The summed E-state index contributed by atoms with van der Waals surface area (Å²) in [6, 6.07) is -0.961. The second-order valence-electron chi connectivity index (χ2n) is 4.49. The number of carbonyl (C=O) groups excluding carboxylic acids is 2. The van der Waals surface area contributed by atoms with E-state index in [1.807, 2.05) is 13.8 Å². The van der Waals surface area contributed by atoms with Gasteiger partial charge in [0.2, 0.25) is 5.91 Å². The number of nitrogens with one attached hydrogen (secondary N) is 1. The molecule has 17 heavy (non-hydrogen) atoms. The smallest absolute Gasteiger partial charge is 0.326 e. The molecule has 0 aromatic carbocycles. The van der Waals surface area contributed by atoms with Crippen LogP contribution in [-0.2, 0) is 14.4 Å². The summed E-state index contributed by atoms with van der Waals surface area (Å²) in [5.41, 5.74) is 0. The molecule has 1 atom stereocenters. The third-order valence-corrected chi connectivity index (χ3v) is 2.33. The van der Waals surface area contributed by atoms with Crippen molar-refractivity contribution >= 4 is 17.7 Å². The lowest BCUT2D eigenvalue weighted by Gasteiger charge is -2.14. The number of Topliss-reactive ketones (excluding diaryl/α,β-unsaturated/α-hetero) is 1. The van der Waals surface area contributed by atoms with Crippen molar-refractivity contribution in [3.05, 3.63) is 0 Å². The summed E-state index contributed by atoms with van der Waals surface area (Å²) in [5.74, 6) is -1.18. The van der Waals surface area contributed by atoms with Gasteiger partial charge in [-0.25, -0.2) is 4.79 Å². The van der Waals surface area contributed by atoms with Crippen LogP contribution in [0.3, 0.4) is 0 Å². The minimum atomic E-state index is -1.09. The van der Waals surface area contributed by atoms with Gasteiger partial charge in [-0.2, -0.15) is 0 Å². The monoisotopic (exact) mass is 243 g/mol. The summed E-state index contributed by atoms with van der Waals surface area (Å²) >= 11 is 0. The third-order valence-electron chi connectivity index (χ3n) is 2.33. The van der Waals surface area contributed by atoms with Crippen LogP contribution in [0.25, 0.3) is 0 Å². The Morgan fingerprint density at radius 3 is 2.24 bits per heavy atom. The second kappa shape index (κ2) is 7.81. The van der Waals surface area contributed by atoms with E-state index in [4.69, 9.17) is 5.11 Å². The van der Waals surface area contributed by atoms with Crippen LogP contribution in [0.1, 0.15) is 46.5 Å². The van der Waals surface area contributed by atoms with Crippen LogP contribution in [0.15, 0.2) is 0 Å². The molecule has 0 aliphatic heterocycles. The maximum absolute atomic E-state index is 11.4. The number of ketones is 1. The highest BCUT2D eigenvalue weighted by molar-refractivity contribution is 5.84. The lowest BCUT2D eigenvalue weighted by molar-refractivity contribution is -0.142. The van der Waals surface area contributed by atoms with Crippen LogP contribution in [0.5, 0.6) is 0 Å². The zero-order valence-corrected chi connectivity index (χ0v) is 10.7. The van der Waals surface area contributed by atoms with Crippen molar-refractivity contribution in [2.45, 2.75) is 52.5 Å². The van der Waals surface area contributed by atoms with Gasteiger partial charge in [-0.1, -0.05) is 20.8 Å². The fraction of sp³-hybridized carbons (Fsp3) is 0.750. The molecule has 98 valence electrons. The highest BCUT2D eigenvalue weighted by atomic mass is 16.4. The second-order valence-corrected chi connectivity index (χ2v) is 4.49. The first-order valence-corrected chi connectivity index (χ1v) is 5.90. The Balaban J connectivity index is 4.20. The Morgan fingerprint density at radius 2 is 1.82 bits per heavy atom. The van der Waals surface area contributed by atoms with Crippen molar-refractivity contribution in [3.8, 4) is 0 Å². The number of hydrogen-bond acceptors (Lipinski definition) is 3. The number of hydrogen-bond donors (Lipinski definition) is 2. The van der Waals surface area contributed by atoms with Gasteiger partial charge in [0.1, 0.15) is 11.8 Å². The summed E-state index contributed by atoms with van der Waals surface area (Å²) in [7, 11) is 0. The average Bonchev–Trinajstić information content (AvgIpc) is 2.22. The molecule has 0 fully saturated rings. The lowest BCUT2D eigenvalue weighted by atomic mass is 10.1. The number of carbonyl (C=O) groups is 3. The summed E-state index contributed by atoms with van der Waals surface area (Å²) < 4.78 is 0. The highest BCUT2D eigenvalue weighted by Crippen LogP contribution is 2.04. The fourth-order valence-corrected chi connectivity index (χ4v) is 1.36. The van der Waals surface area contributed by atoms with Gasteiger partial charge in [-0.3, -0.25) is 9.59 Å². The molecule has 0 saturated carbocycles. The summed E-state index contributed by atoms with van der Waals surface area (Å²) in [5, 5.41) is 11.4. The van der Waals surface area contributed by atoms with Crippen molar-refractivity contribution in [3.63, 3.8) is 0 Å². The molecule has 0 aliphatic carbocycles. The van der Waals surface area contributed by atoms with Crippen LogP contribution >= 0.6 is 0 Å². The summed E-state index contributed by atoms with van der Waals surface area (Å²) in [6.07, 6.45) is 1.04. The molecule has 0 rings (SSSR count). The van der Waals surface area contributed by atoms with Crippen LogP contribution in [0.4, 0.5) is 0 Å². The quantitative estimate of drug-likeness (QED) is 0.674. The summed E-state index contributed by atoms with van der Waals surface area (Å²) in [6.45, 7) is 5.50. The van der Waals surface area contributed by atoms with Crippen molar-refractivity contribution in [2.24, 2.45) is 5.92 Å². The molecule has 0 radical (unpaired) electrons. The molecule has 0 aliphatic rings. The van der Waals surface area contributed by atoms with Gasteiger partial charge < -0.3 is 10.4 Å². The normalized spacial score (nSPS) is 12.2. The Labute approximate surface area is 102 Å². The molecule has 0 unspecified atom stereocenters. The van der Waals surface area contributed by atoms with Crippen LogP contribution in [-0.4, -0.2) is 28.8 Å². The molecule has 2 N–H and O–H groups in total. The molecule has 0 spiro atoms. The average molecular weight is 243 g/mol. The molecule has 5 nitrogen and oxygen atoms in total. The molecule has 5 heteroatoms. The van der Waals surface area contributed by atoms with E-state index in [1.54, 1.807) is 6.92 Å². The molecule has 1 amide bonds. The number of amides is 1. The van der Waals surface area contributed by atoms with Gasteiger partial charge in [0, 0.05) is 19.3 Å². The maximum Gasteiger partial charge on any atom is 0.326 e. The molecule has 0 aromatic heterocycles. The van der Waals surface area contributed by atoms with Crippen molar-refractivity contribution in [2.75, 3.05) is 0 Å². The molecular formula is C12H21NO4. The largest absolute Gasteiger partial charge is 0.480 e. The Bertz CT molecular complexity index is 286. The van der Waals surface area contributed by atoms with Gasteiger partial charge in [-0.15, -0.1) is 0 Å². The van der Waals surface area contributed by atoms with E-state index in [-0.39, 0.29) is 30.4 Å².